The third-order valence-electron chi connectivity index (χ3n) is 3.18. The first-order valence-corrected chi connectivity index (χ1v) is 7.34. The average molecular weight is 280 g/mol. The molecule has 0 atom stereocenters. The molecule has 0 aliphatic carbocycles. The van der Waals surface area contributed by atoms with Gasteiger partial charge in [0.1, 0.15) is 17.1 Å². The fraction of sp³-hybridized carbons (Fsp3) is 0.562. The molecule has 0 aliphatic heterocycles. The lowest BCUT2D eigenvalue weighted by Crippen LogP contribution is -2.06. The second kappa shape index (κ2) is 9.23. The lowest BCUT2D eigenvalue weighted by atomic mass is 10.1. The highest BCUT2D eigenvalue weighted by Gasteiger charge is 2.12. The fourth-order valence-corrected chi connectivity index (χ4v) is 1.99. The quantitative estimate of drug-likeness (QED) is 0.530. The van der Waals surface area contributed by atoms with Crippen molar-refractivity contribution in [1.82, 2.24) is 0 Å². The van der Waals surface area contributed by atoms with Gasteiger partial charge in [0.15, 0.2) is 0 Å². The minimum Gasteiger partial charge on any atom is -0.508 e. The van der Waals surface area contributed by atoms with Crippen LogP contribution >= 0.6 is 0 Å². The topological polar surface area (TPSA) is 66.8 Å². The van der Waals surface area contributed by atoms with Crippen LogP contribution in [0.25, 0.3) is 0 Å². The molecule has 4 nitrogen and oxygen atoms in total. The van der Waals surface area contributed by atoms with Gasteiger partial charge in [0, 0.05) is 6.07 Å². The summed E-state index contributed by atoms with van der Waals surface area (Å²) in [6.45, 7) is 2.56. The van der Waals surface area contributed by atoms with E-state index in [-0.39, 0.29) is 17.1 Å². The van der Waals surface area contributed by atoms with Gasteiger partial charge in [-0.1, -0.05) is 45.4 Å². The molecule has 0 unspecified atom stereocenters. The third kappa shape index (κ3) is 5.95. The average Bonchev–Trinajstić information content (AvgIpc) is 2.41. The minimum absolute atomic E-state index is 0.0777. The Hall–Kier alpha value is -1.71. The summed E-state index contributed by atoms with van der Waals surface area (Å²) in [5.41, 5.74) is 0.0887. The van der Waals surface area contributed by atoms with Gasteiger partial charge in [-0.05, 0) is 18.6 Å². The van der Waals surface area contributed by atoms with E-state index in [1.54, 1.807) is 0 Å². The first kappa shape index (κ1) is 16.3. The zero-order valence-electron chi connectivity index (χ0n) is 12.1. The van der Waals surface area contributed by atoms with Crippen molar-refractivity contribution < 1.29 is 19.7 Å². The number of benzene rings is 1. The maximum absolute atomic E-state index is 11.7. The van der Waals surface area contributed by atoms with Crippen LogP contribution in [0.5, 0.6) is 11.5 Å². The molecule has 0 radical (unpaired) electrons. The molecule has 0 heterocycles. The van der Waals surface area contributed by atoms with E-state index in [1.165, 1.54) is 44.2 Å². The molecule has 1 aromatic carbocycles. The monoisotopic (exact) mass is 280 g/mol. The molecule has 0 amide bonds. The van der Waals surface area contributed by atoms with Crippen LogP contribution in [0.15, 0.2) is 18.2 Å². The van der Waals surface area contributed by atoms with E-state index >= 15 is 0 Å². The lowest BCUT2D eigenvalue weighted by molar-refractivity contribution is 0.0494. The van der Waals surface area contributed by atoms with Gasteiger partial charge in [-0.25, -0.2) is 4.79 Å². The minimum atomic E-state index is -0.548. The highest BCUT2D eigenvalue weighted by Crippen LogP contribution is 2.23. The first-order valence-electron chi connectivity index (χ1n) is 7.34. The van der Waals surface area contributed by atoms with E-state index in [2.05, 4.69) is 6.92 Å². The van der Waals surface area contributed by atoms with Crippen molar-refractivity contribution in [2.24, 2.45) is 0 Å². The van der Waals surface area contributed by atoms with Crippen LogP contribution in [0.3, 0.4) is 0 Å². The van der Waals surface area contributed by atoms with Crippen LogP contribution in [-0.2, 0) is 4.74 Å². The van der Waals surface area contributed by atoms with E-state index < -0.39 is 5.97 Å². The maximum atomic E-state index is 11.7. The number of carbonyl (C=O) groups is 1. The zero-order chi connectivity index (χ0) is 14.8. The number of hydrogen-bond acceptors (Lipinski definition) is 4. The number of rotatable bonds is 9. The standard InChI is InChI=1S/C16H24O4/c1-2-3-4-5-6-7-8-11-20-16(19)14-10-9-13(17)12-15(14)18/h9-10,12,17-18H,2-8,11H2,1H3. The predicted octanol–water partition coefficient (Wildman–Crippen LogP) is 4.01. The molecule has 0 saturated heterocycles. The zero-order valence-corrected chi connectivity index (χ0v) is 12.1. The second-order valence-electron chi connectivity index (χ2n) is 4.96. The maximum Gasteiger partial charge on any atom is 0.341 e. The Labute approximate surface area is 120 Å². The Balaban J connectivity index is 2.17. The lowest BCUT2D eigenvalue weighted by Gasteiger charge is -2.06. The number of phenols is 2. The summed E-state index contributed by atoms with van der Waals surface area (Å²) >= 11 is 0. The predicted molar refractivity (Wildman–Crippen MR) is 78.0 cm³/mol. The van der Waals surface area contributed by atoms with Crippen LogP contribution in [0.2, 0.25) is 0 Å². The highest BCUT2D eigenvalue weighted by molar-refractivity contribution is 5.92. The van der Waals surface area contributed by atoms with Gasteiger partial charge in [-0.3, -0.25) is 0 Å². The Bertz CT molecular complexity index is 415. The molecule has 0 saturated carbocycles. The number of unbranched alkanes of at least 4 members (excludes halogenated alkanes) is 6. The summed E-state index contributed by atoms with van der Waals surface area (Å²) < 4.78 is 5.10. The Morgan fingerprint density at radius 2 is 1.70 bits per heavy atom. The van der Waals surface area contributed by atoms with Gasteiger partial charge in [-0.15, -0.1) is 0 Å². The summed E-state index contributed by atoms with van der Waals surface area (Å²) in [4.78, 5) is 11.7. The van der Waals surface area contributed by atoms with E-state index in [9.17, 15) is 9.90 Å². The van der Waals surface area contributed by atoms with Crippen molar-refractivity contribution in [1.29, 1.82) is 0 Å². The molecule has 2 N–H and O–H groups in total. The normalized spacial score (nSPS) is 10.4. The Kier molecular flexibility index (Phi) is 7.55. The number of hydrogen-bond donors (Lipinski definition) is 2. The molecule has 4 heteroatoms. The van der Waals surface area contributed by atoms with Crippen molar-refractivity contribution in [3.8, 4) is 11.5 Å². The number of aromatic hydroxyl groups is 2. The number of ether oxygens (including phenoxy) is 1. The molecule has 0 aromatic heterocycles. The van der Waals surface area contributed by atoms with Gasteiger partial charge in [-0.2, -0.15) is 0 Å². The highest BCUT2D eigenvalue weighted by atomic mass is 16.5. The van der Waals surface area contributed by atoms with Gasteiger partial charge in [0.05, 0.1) is 6.61 Å². The van der Waals surface area contributed by atoms with Crippen LogP contribution < -0.4 is 0 Å². The number of carbonyl (C=O) groups excluding carboxylic acids is 1. The van der Waals surface area contributed by atoms with Gasteiger partial charge in [0.25, 0.3) is 0 Å². The number of phenolic OH excluding ortho intramolecular Hbond substituents is 2. The molecule has 1 aromatic rings. The van der Waals surface area contributed by atoms with Crippen molar-refractivity contribution in [2.45, 2.75) is 51.9 Å². The summed E-state index contributed by atoms with van der Waals surface area (Å²) in [6.07, 6.45) is 8.11. The van der Waals surface area contributed by atoms with Gasteiger partial charge in [0.2, 0.25) is 0 Å². The summed E-state index contributed by atoms with van der Waals surface area (Å²) in [7, 11) is 0. The van der Waals surface area contributed by atoms with Crippen LogP contribution in [0.1, 0.15) is 62.2 Å². The van der Waals surface area contributed by atoms with Crippen LogP contribution in [0.4, 0.5) is 0 Å². The van der Waals surface area contributed by atoms with E-state index in [0.717, 1.165) is 18.9 Å². The molecule has 20 heavy (non-hydrogen) atoms. The Morgan fingerprint density at radius 3 is 2.35 bits per heavy atom. The largest absolute Gasteiger partial charge is 0.508 e. The SMILES string of the molecule is CCCCCCCCCOC(=O)c1ccc(O)cc1O. The summed E-state index contributed by atoms with van der Waals surface area (Å²) in [6, 6.07) is 3.84. The smallest absolute Gasteiger partial charge is 0.341 e. The van der Waals surface area contributed by atoms with Crippen molar-refractivity contribution in [2.75, 3.05) is 6.61 Å². The van der Waals surface area contributed by atoms with Crippen molar-refractivity contribution >= 4 is 5.97 Å². The first-order chi connectivity index (χ1) is 9.65. The molecule has 0 bridgehead atoms. The van der Waals surface area contributed by atoms with Gasteiger partial charge < -0.3 is 14.9 Å². The molecule has 1 rings (SSSR count). The van der Waals surface area contributed by atoms with Crippen molar-refractivity contribution in [3.63, 3.8) is 0 Å². The second-order valence-corrected chi connectivity index (χ2v) is 4.96. The third-order valence-corrected chi connectivity index (χ3v) is 3.18. The molecule has 112 valence electrons. The Morgan fingerprint density at radius 1 is 1.05 bits per heavy atom. The fourth-order valence-electron chi connectivity index (χ4n) is 1.99. The van der Waals surface area contributed by atoms with Crippen LogP contribution in [0, 0.1) is 0 Å². The summed E-state index contributed by atoms with van der Waals surface area (Å²) in [5.74, 6) is -0.880. The number of esters is 1. The van der Waals surface area contributed by atoms with Crippen molar-refractivity contribution in [3.05, 3.63) is 23.8 Å². The molecule has 0 spiro atoms. The van der Waals surface area contributed by atoms with E-state index in [0.29, 0.717) is 6.61 Å². The molecular weight excluding hydrogens is 256 g/mol. The summed E-state index contributed by atoms with van der Waals surface area (Å²) in [5, 5.41) is 18.7. The van der Waals surface area contributed by atoms with E-state index in [4.69, 9.17) is 9.84 Å². The van der Waals surface area contributed by atoms with Gasteiger partial charge >= 0.3 is 5.97 Å². The molecule has 0 fully saturated rings. The molecular formula is C16H24O4. The molecule has 0 aliphatic rings. The van der Waals surface area contributed by atoms with Crippen LogP contribution in [-0.4, -0.2) is 22.8 Å². The van der Waals surface area contributed by atoms with E-state index in [1.807, 2.05) is 0 Å².